The number of Topliss-reactive ketones (excluding diaryl/α,β-unsaturated/α-hetero) is 1. The number of anilines is 1. The van der Waals surface area contributed by atoms with Crippen LogP contribution < -0.4 is 14.4 Å². The first-order valence-electron chi connectivity index (χ1n) is 10.4. The zero-order valence-corrected chi connectivity index (χ0v) is 16.7. The number of hydrogen-bond acceptors (Lipinski definition) is 5. The molecule has 30 heavy (non-hydrogen) atoms. The third-order valence-electron chi connectivity index (χ3n) is 6.78. The van der Waals surface area contributed by atoms with Crippen molar-refractivity contribution in [3.05, 3.63) is 54.1 Å². The maximum atomic E-state index is 13.1. The summed E-state index contributed by atoms with van der Waals surface area (Å²) in [6.07, 6.45) is 3.06. The number of para-hydroxylation sites is 2. The minimum atomic E-state index is -0.210. The number of ether oxygens (including phenoxy) is 2. The van der Waals surface area contributed by atoms with Crippen molar-refractivity contribution < 1.29 is 23.9 Å². The van der Waals surface area contributed by atoms with E-state index in [0.29, 0.717) is 34.6 Å². The van der Waals surface area contributed by atoms with E-state index in [1.54, 1.807) is 55.6 Å². The Bertz CT molecular complexity index is 1000. The first kappa shape index (κ1) is 18.9. The number of ketones is 1. The molecule has 3 fully saturated rings. The molecule has 0 spiro atoms. The van der Waals surface area contributed by atoms with Crippen molar-refractivity contribution in [2.24, 2.45) is 23.7 Å². The van der Waals surface area contributed by atoms with Crippen molar-refractivity contribution in [1.29, 1.82) is 0 Å². The van der Waals surface area contributed by atoms with E-state index >= 15 is 0 Å². The van der Waals surface area contributed by atoms with E-state index in [4.69, 9.17) is 9.47 Å². The van der Waals surface area contributed by atoms with Gasteiger partial charge in [0.25, 0.3) is 0 Å². The molecular weight excluding hydrogens is 382 g/mol. The lowest BCUT2D eigenvalue weighted by molar-refractivity contribution is -0.123. The van der Waals surface area contributed by atoms with Gasteiger partial charge in [-0.3, -0.25) is 14.4 Å². The van der Waals surface area contributed by atoms with Crippen LogP contribution in [-0.2, 0) is 9.59 Å². The highest BCUT2D eigenvalue weighted by Crippen LogP contribution is 2.57. The largest absolute Gasteiger partial charge is 0.497 e. The number of rotatable bonds is 6. The smallest absolute Gasteiger partial charge is 0.238 e. The molecule has 5 rings (SSSR count). The molecule has 4 atom stereocenters. The summed E-state index contributed by atoms with van der Waals surface area (Å²) in [4.78, 5) is 40.1. The Morgan fingerprint density at radius 2 is 1.70 bits per heavy atom. The molecule has 2 aromatic carbocycles. The third-order valence-corrected chi connectivity index (χ3v) is 6.78. The average Bonchev–Trinajstić information content (AvgIpc) is 3.46. The van der Waals surface area contributed by atoms with Crippen LogP contribution in [0.2, 0.25) is 0 Å². The number of nitrogens with zero attached hydrogens (tertiary/aromatic N) is 1. The number of hydrogen-bond donors (Lipinski definition) is 0. The van der Waals surface area contributed by atoms with Crippen LogP contribution in [0.4, 0.5) is 5.69 Å². The molecule has 1 heterocycles. The molecule has 0 unspecified atom stereocenters. The van der Waals surface area contributed by atoms with Gasteiger partial charge in [-0.1, -0.05) is 24.3 Å². The van der Waals surface area contributed by atoms with Crippen molar-refractivity contribution in [2.45, 2.75) is 19.3 Å². The molecule has 6 nitrogen and oxygen atoms in total. The highest BCUT2D eigenvalue weighted by Gasteiger charge is 2.61. The molecule has 2 amide bonds. The molecular formula is C24H23NO5. The quantitative estimate of drug-likeness (QED) is 0.543. The molecule has 2 saturated carbocycles. The van der Waals surface area contributed by atoms with E-state index in [2.05, 4.69) is 0 Å². The molecule has 2 aliphatic carbocycles. The maximum absolute atomic E-state index is 13.1. The molecule has 0 aromatic heterocycles. The minimum Gasteiger partial charge on any atom is -0.497 e. The van der Waals surface area contributed by atoms with E-state index in [1.807, 2.05) is 0 Å². The SMILES string of the molecule is COc1cccc(C(=O)COc2ccccc2N2C(=O)[C@H]3[C@H]4CC[C@@H](C4)[C@@H]3C2=O)c1. The summed E-state index contributed by atoms with van der Waals surface area (Å²) in [5, 5.41) is 0. The second-order valence-corrected chi connectivity index (χ2v) is 8.31. The van der Waals surface area contributed by atoms with E-state index in [0.717, 1.165) is 19.3 Å². The van der Waals surface area contributed by atoms with Crippen LogP contribution in [0.25, 0.3) is 0 Å². The highest BCUT2D eigenvalue weighted by molar-refractivity contribution is 6.23. The van der Waals surface area contributed by atoms with E-state index in [9.17, 15) is 14.4 Å². The Morgan fingerprint density at radius 3 is 2.40 bits per heavy atom. The van der Waals surface area contributed by atoms with Crippen LogP contribution in [0.3, 0.4) is 0 Å². The number of methoxy groups -OCH3 is 1. The van der Waals surface area contributed by atoms with Crippen molar-refractivity contribution >= 4 is 23.3 Å². The molecule has 3 aliphatic rings. The molecule has 2 bridgehead atoms. The van der Waals surface area contributed by atoms with Crippen LogP contribution in [-0.4, -0.2) is 31.3 Å². The summed E-state index contributed by atoms with van der Waals surface area (Å²) in [5.74, 6) is 0.773. The van der Waals surface area contributed by atoms with Gasteiger partial charge in [-0.15, -0.1) is 0 Å². The molecule has 6 heteroatoms. The van der Waals surface area contributed by atoms with E-state index < -0.39 is 0 Å². The summed E-state index contributed by atoms with van der Waals surface area (Å²) in [6, 6.07) is 13.8. The summed E-state index contributed by atoms with van der Waals surface area (Å²) in [6.45, 7) is -0.196. The Kier molecular flexibility index (Phi) is 4.57. The molecule has 0 radical (unpaired) electrons. The zero-order valence-electron chi connectivity index (χ0n) is 16.7. The molecule has 1 aliphatic heterocycles. The fourth-order valence-corrected chi connectivity index (χ4v) is 5.43. The summed E-state index contributed by atoms with van der Waals surface area (Å²) in [7, 11) is 1.54. The van der Waals surface area contributed by atoms with Crippen molar-refractivity contribution in [3.63, 3.8) is 0 Å². The lowest BCUT2D eigenvalue weighted by Gasteiger charge is -2.20. The van der Waals surface area contributed by atoms with Gasteiger partial charge in [0, 0.05) is 5.56 Å². The first-order chi connectivity index (χ1) is 14.6. The van der Waals surface area contributed by atoms with Gasteiger partial charge < -0.3 is 9.47 Å². The fourth-order valence-electron chi connectivity index (χ4n) is 5.43. The third kappa shape index (κ3) is 2.90. The van der Waals surface area contributed by atoms with Gasteiger partial charge in [0.1, 0.15) is 11.5 Å². The monoisotopic (exact) mass is 405 g/mol. The molecule has 1 saturated heterocycles. The lowest BCUT2D eigenvalue weighted by atomic mass is 9.81. The predicted octanol–water partition coefficient (Wildman–Crippen LogP) is 3.49. The standard InChI is InChI=1S/C24H23NO5/c1-29-17-6-4-5-14(12-17)19(26)13-30-20-8-3-2-7-18(20)25-23(27)21-15-9-10-16(11-15)22(21)24(25)28/h2-8,12,15-16,21-22H,9-11,13H2,1H3/t15-,16-,21-,22-/m0/s1. The van der Waals surface area contributed by atoms with Gasteiger partial charge in [-0.25, -0.2) is 4.90 Å². The van der Waals surface area contributed by atoms with Gasteiger partial charge in [-0.05, 0) is 55.4 Å². The zero-order chi connectivity index (χ0) is 20.8. The summed E-state index contributed by atoms with van der Waals surface area (Å²) < 4.78 is 11.0. The van der Waals surface area contributed by atoms with Crippen molar-refractivity contribution in [3.8, 4) is 11.5 Å². The fraction of sp³-hybridized carbons (Fsp3) is 0.375. The number of benzene rings is 2. The Morgan fingerprint density at radius 1 is 1.00 bits per heavy atom. The average molecular weight is 405 g/mol. The Balaban J connectivity index is 1.37. The number of carbonyl (C=O) groups is 3. The van der Waals surface area contributed by atoms with Gasteiger partial charge in [0.2, 0.25) is 11.8 Å². The second-order valence-electron chi connectivity index (χ2n) is 8.31. The van der Waals surface area contributed by atoms with Crippen molar-refractivity contribution in [1.82, 2.24) is 0 Å². The maximum Gasteiger partial charge on any atom is 0.238 e. The number of imide groups is 1. The molecule has 0 N–H and O–H groups in total. The highest BCUT2D eigenvalue weighted by atomic mass is 16.5. The number of carbonyl (C=O) groups excluding carboxylic acids is 3. The summed E-state index contributed by atoms with van der Waals surface area (Å²) in [5.41, 5.74) is 0.908. The Labute approximate surface area is 174 Å². The van der Waals surface area contributed by atoms with E-state index in [-0.39, 0.29) is 36.0 Å². The predicted molar refractivity (Wildman–Crippen MR) is 110 cm³/mol. The van der Waals surface area contributed by atoms with Crippen LogP contribution in [0.5, 0.6) is 11.5 Å². The second kappa shape index (κ2) is 7.27. The van der Waals surface area contributed by atoms with Crippen LogP contribution in [0, 0.1) is 23.7 Å². The van der Waals surface area contributed by atoms with Gasteiger partial charge in [-0.2, -0.15) is 0 Å². The van der Waals surface area contributed by atoms with Crippen LogP contribution >= 0.6 is 0 Å². The van der Waals surface area contributed by atoms with Gasteiger partial charge in [0.15, 0.2) is 12.4 Å². The minimum absolute atomic E-state index is 0.118. The van der Waals surface area contributed by atoms with Crippen molar-refractivity contribution in [2.75, 3.05) is 18.6 Å². The lowest BCUT2D eigenvalue weighted by Crippen LogP contribution is -2.33. The van der Waals surface area contributed by atoms with Crippen LogP contribution in [0.15, 0.2) is 48.5 Å². The topological polar surface area (TPSA) is 72.9 Å². The van der Waals surface area contributed by atoms with Gasteiger partial charge >= 0.3 is 0 Å². The first-order valence-corrected chi connectivity index (χ1v) is 10.4. The van der Waals surface area contributed by atoms with Crippen LogP contribution in [0.1, 0.15) is 29.6 Å². The van der Waals surface area contributed by atoms with Gasteiger partial charge in [0.05, 0.1) is 24.6 Å². The summed E-state index contributed by atoms with van der Waals surface area (Å²) >= 11 is 0. The van der Waals surface area contributed by atoms with E-state index in [1.165, 1.54) is 4.90 Å². The molecule has 2 aromatic rings. The normalized spacial score (nSPS) is 26.8. The number of fused-ring (bicyclic) bond motifs is 5. The molecule has 154 valence electrons. The Hall–Kier alpha value is -3.15. The number of amides is 2.